The first-order valence-electron chi connectivity index (χ1n) is 5.93. The zero-order chi connectivity index (χ0) is 14.0. The lowest BCUT2D eigenvalue weighted by Crippen LogP contribution is -2.38. The minimum absolute atomic E-state index is 0.143. The van der Waals surface area contributed by atoms with Crippen molar-refractivity contribution in [3.8, 4) is 5.75 Å². The van der Waals surface area contributed by atoms with E-state index in [1.54, 1.807) is 18.2 Å². The SMILES string of the molecule is CC(=O)Nc1ccc(Cl)c(OCC2CC(F)(F)C2)c1. The van der Waals surface area contributed by atoms with Gasteiger partial charge in [-0.2, -0.15) is 0 Å². The predicted molar refractivity (Wildman–Crippen MR) is 68.9 cm³/mol. The van der Waals surface area contributed by atoms with Crippen molar-refractivity contribution in [2.45, 2.75) is 25.7 Å². The van der Waals surface area contributed by atoms with Crippen LogP contribution in [-0.2, 0) is 4.79 Å². The topological polar surface area (TPSA) is 38.3 Å². The zero-order valence-electron chi connectivity index (χ0n) is 10.4. The first kappa shape index (κ1) is 14.1. The largest absolute Gasteiger partial charge is 0.492 e. The molecule has 0 bridgehead atoms. The molecule has 1 aliphatic carbocycles. The summed E-state index contributed by atoms with van der Waals surface area (Å²) in [6, 6.07) is 4.83. The Morgan fingerprint density at radius 3 is 2.79 bits per heavy atom. The van der Waals surface area contributed by atoms with Crippen molar-refractivity contribution in [3.05, 3.63) is 23.2 Å². The van der Waals surface area contributed by atoms with Crippen LogP contribution in [0.1, 0.15) is 19.8 Å². The van der Waals surface area contributed by atoms with E-state index >= 15 is 0 Å². The van der Waals surface area contributed by atoms with Crippen molar-refractivity contribution < 1.29 is 18.3 Å². The summed E-state index contributed by atoms with van der Waals surface area (Å²) in [7, 11) is 0. The van der Waals surface area contributed by atoms with Crippen molar-refractivity contribution in [1.82, 2.24) is 0 Å². The molecule has 1 aliphatic rings. The Labute approximate surface area is 114 Å². The maximum absolute atomic E-state index is 12.7. The van der Waals surface area contributed by atoms with E-state index in [1.807, 2.05) is 0 Å². The minimum Gasteiger partial charge on any atom is -0.492 e. The van der Waals surface area contributed by atoms with Crippen molar-refractivity contribution in [2.24, 2.45) is 5.92 Å². The number of hydrogen-bond acceptors (Lipinski definition) is 2. The number of nitrogens with one attached hydrogen (secondary N) is 1. The highest BCUT2D eigenvalue weighted by molar-refractivity contribution is 6.32. The molecule has 1 aromatic carbocycles. The third-order valence-corrected chi connectivity index (χ3v) is 3.21. The summed E-state index contributed by atoms with van der Waals surface area (Å²) in [6.07, 6.45) is -0.286. The first-order chi connectivity index (χ1) is 8.85. The molecule has 0 unspecified atom stereocenters. The Hall–Kier alpha value is -1.36. The summed E-state index contributed by atoms with van der Waals surface area (Å²) in [4.78, 5) is 10.9. The van der Waals surface area contributed by atoms with Gasteiger partial charge in [-0.05, 0) is 12.1 Å². The van der Waals surface area contributed by atoms with Crippen molar-refractivity contribution in [1.29, 1.82) is 0 Å². The van der Waals surface area contributed by atoms with Gasteiger partial charge in [-0.1, -0.05) is 11.6 Å². The van der Waals surface area contributed by atoms with Crippen LogP contribution in [0.15, 0.2) is 18.2 Å². The summed E-state index contributed by atoms with van der Waals surface area (Å²) >= 11 is 5.95. The van der Waals surface area contributed by atoms with Gasteiger partial charge < -0.3 is 10.1 Å². The fourth-order valence-corrected chi connectivity index (χ4v) is 2.18. The standard InChI is InChI=1S/C13H14ClF2NO2/c1-8(18)17-10-2-3-11(14)12(4-10)19-7-9-5-13(15,16)6-9/h2-4,9H,5-7H2,1H3,(H,17,18). The Kier molecular flexibility index (Phi) is 3.94. The van der Waals surface area contributed by atoms with E-state index in [1.165, 1.54) is 6.92 Å². The van der Waals surface area contributed by atoms with Crippen LogP contribution in [0.4, 0.5) is 14.5 Å². The normalized spacial score (nSPS) is 17.7. The van der Waals surface area contributed by atoms with E-state index in [4.69, 9.17) is 16.3 Å². The third-order valence-electron chi connectivity index (χ3n) is 2.90. The van der Waals surface area contributed by atoms with Gasteiger partial charge >= 0.3 is 0 Å². The van der Waals surface area contributed by atoms with E-state index < -0.39 is 5.92 Å². The van der Waals surface area contributed by atoms with E-state index in [2.05, 4.69) is 5.32 Å². The molecule has 0 heterocycles. The molecule has 6 heteroatoms. The molecule has 1 fully saturated rings. The number of carbonyl (C=O) groups excluding carboxylic acids is 1. The quantitative estimate of drug-likeness (QED) is 0.917. The number of carbonyl (C=O) groups is 1. The molecule has 1 aromatic rings. The van der Waals surface area contributed by atoms with Gasteiger partial charge in [0.15, 0.2) is 0 Å². The zero-order valence-corrected chi connectivity index (χ0v) is 11.1. The molecule has 2 rings (SSSR count). The second kappa shape index (κ2) is 5.33. The molecule has 1 N–H and O–H groups in total. The monoisotopic (exact) mass is 289 g/mol. The molecule has 0 spiro atoms. The summed E-state index contributed by atoms with van der Waals surface area (Å²) in [5, 5.41) is 2.99. The van der Waals surface area contributed by atoms with Gasteiger partial charge in [0, 0.05) is 37.4 Å². The van der Waals surface area contributed by atoms with E-state index in [0.29, 0.717) is 16.5 Å². The molecule has 1 amide bonds. The summed E-state index contributed by atoms with van der Waals surface area (Å²) in [6.45, 7) is 1.60. The molecule has 1 saturated carbocycles. The van der Waals surface area contributed by atoms with Crippen LogP contribution in [0.2, 0.25) is 5.02 Å². The fraction of sp³-hybridized carbons (Fsp3) is 0.462. The lowest BCUT2D eigenvalue weighted by Gasteiger charge is -2.34. The second-order valence-electron chi connectivity index (χ2n) is 4.77. The van der Waals surface area contributed by atoms with Gasteiger partial charge in [0.1, 0.15) is 5.75 Å². The minimum atomic E-state index is -2.55. The second-order valence-corrected chi connectivity index (χ2v) is 5.17. The predicted octanol–water partition coefficient (Wildman–Crippen LogP) is 3.72. The van der Waals surface area contributed by atoms with Gasteiger partial charge in [-0.3, -0.25) is 4.79 Å². The highest BCUT2D eigenvalue weighted by atomic mass is 35.5. The maximum atomic E-state index is 12.7. The highest BCUT2D eigenvalue weighted by Crippen LogP contribution is 2.42. The van der Waals surface area contributed by atoms with Crippen LogP contribution < -0.4 is 10.1 Å². The molecular weight excluding hydrogens is 276 g/mol. The van der Waals surface area contributed by atoms with Crippen LogP contribution in [0.25, 0.3) is 0 Å². The summed E-state index contributed by atoms with van der Waals surface area (Å²) in [5.41, 5.74) is 0.561. The summed E-state index contributed by atoms with van der Waals surface area (Å²) < 4.78 is 30.8. The Morgan fingerprint density at radius 1 is 1.53 bits per heavy atom. The number of amides is 1. The smallest absolute Gasteiger partial charge is 0.248 e. The Morgan fingerprint density at radius 2 is 2.21 bits per heavy atom. The van der Waals surface area contributed by atoms with Gasteiger partial charge in [0.25, 0.3) is 0 Å². The van der Waals surface area contributed by atoms with Crippen molar-refractivity contribution in [2.75, 3.05) is 11.9 Å². The van der Waals surface area contributed by atoms with Gasteiger partial charge in [-0.15, -0.1) is 0 Å². The average molecular weight is 290 g/mol. The van der Waals surface area contributed by atoms with E-state index in [-0.39, 0.29) is 31.3 Å². The first-order valence-corrected chi connectivity index (χ1v) is 6.31. The van der Waals surface area contributed by atoms with Crippen LogP contribution >= 0.6 is 11.6 Å². The molecule has 3 nitrogen and oxygen atoms in total. The molecule has 0 atom stereocenters. The average Bonchev–Trinajstić information content (AvgIpc) is 2.26. The summed E-state index contributed by atoms with van der Waals surface area (Å²) in [5.74, 6) is -2.50. The lowest BCUT2D eigenvalue weighted by atomic mass is 9.82. The fourth-order valence-electron chi connectivity index (χ4n) is 2.01. The van der Waals surface area contributed by atoms with Crippen LogP contribution in [-0.4, -0.2) is 18.4 Å². The van der Waals surface area contributed by atoms with Gasteiger partial charge in [0.05, 0.1) is 11.6 Å². The van der Waals surface area contributed by atoms with Crippen LogP contribution in [0, 0.1) is 5.92 Å². The van der Waals surface area contributed by atoms with Crippen LogP contribution in [0.3, 0.4) is 0 Å². The lowest BCUT2D eigenvalue weighted by molar-refractivity contribution is -0.119. The number of hydrogen-bond donors (Lipinski definition) is 1. The van der Waals surface area contributed by atoms with E-state index in [9.17, 15) is 13.6 Å². The molecular formula is C13H14ClF2NO2. The number of halogens is 3. The molecule has 0 saturated heterocycles. The van der Waals surface area contributed by atoms with Crippen molar-refractivity contribution in [3.63, 3.8) is 0 Å². The molecule has 0 aliphatic heterocycles. The Bertz CT molecular complexity index is 486. The molecule has 19 heavy (non-hydrogen) atoms. The molecule has 0 aromatic heterocycles. The maximum Gasteiger partial charge on any atom is 0.248 e. The van der Waals surface area contributed by atoms with Crippen molar-refractivity contribution >= 4 is 23.2 Å². The molecule has 0 radical (unpaired) electrons. The van der Waals surface area contributed by atoms with E-state index in [0.717, 1.165) is 0 Å². The molecule has 104 valence electrons. The Balaban J connectivity index is 1.94. The number of anilines is 1. The number of benzene rings is 1. The van der Waals surface area contributed by atoms with Crippen LogP contribution in [0.5, 0.6) is 5.75 Å². The number of rotatable bonds is 4. The van der Waals surface area contributed by atoms with Gasteiger partial charge in [0.2, 0.25) is 11.8 Å². The number of ether oxygens (including phenoxy) is 1. The third kappa shape index (κ3) is 3.80. The van der Waals surface area contributed by atoms with Gasteiger partial charge in [-0.25, -0.2) is 8.78 Å². The number of alkyl halides is 2. The highest BCUT2D eigenvalue weighted by Gasteiger charge is 2.45.